The third kappa shape index (κ3) is 5.13. The molecule has 2 N–H and O–H groups in total. The second-order valence-corrected chi connectivity index (χ2v) is 5.92. The van der Waals surface area contributed by atoms with Crippen molar-refractivity contribution in [3.63, 3.8) is 0 Å². The van der Waals surface area contributed by atoms with Crippen LogP contribution in [0.4, 0.5) is 0 Å². The van der Waals surface area contributed by atoms with Gasteiger partial charge in [-0.15, -0.1) is 24.0 Å². The fourth-order valence-corrected chi connectivity index (χ4v) is 3.13. The average Bonchev–Trinajstić information content (AvgIpc) is 3.20. The van der Waals surface area contributed by atoms with Gasteiger partial charge in [-0.3, -0.25) is 9.89 Å². The SMILES string of the molecule is CCN(CCN=C(N)N1CCSCC1)C1CC1.I. The summed E-state index contributed by atoms with van der Waals surface area (Å²) in [6.07, 6.45) is 2.74. The van der Waals surface area contributed by atoms with Crippen LogP contribution in [-0.2, 0) is 0 Å². The van der Waals surface area contributed by atoms with Crippen LogP contribution >= 0.6 is 35.7 Å². The van der Waals surface area contributed by atoms with Gasteiger partial charge in [-0.25, -0.2) is 0 Å². The number of aliphatic imine (C=N–C) groups is 1. The van der Waals surface area contributed by atoms with Crippen molar-refractivity contribution in [3.05, 3.63) is 0 Å². The van der Waals surface area contributed by atoms with E-state index >= 15 is 0 Å². The smallest absolute Gasteiger partial charge is 0.191 e. The zero-order chi connectivity index (χ0) is 12.1. The first-order valence-electron chi connectivity index (χ1n) is 6.68. The van der Waals surface area contributed by atoms with Gasteiger partial charge in [0.2, 0.25) is 0 Å². The molecule has 0 aromatic heterocycles. The Kier molecular flexibility index (Phi) is 7.70. The molecule has 0 unspecified atom stereocenters. The van der Waals surface area contributed by atoms with Crippen LogP contribution in [0.1, 0.15) is 19.8 Å². The highest BCUT2D eigenvalue weighted by Crippen LogP contribution is 2.25. The molecule has 4 nitrogen and oxygen atoms in total. The molecule has 1 aliphatic carbocycles. The van der Waals surface area contributed by atoms with Gasteiger partial charge in [0.15, 0.2) is 5.96 Å². The highest BCUT2D eigenvalue weighted by Gasteiger charge is 2.27. The summed E-state index contributed by atoms with van der Waals surface area (Å²) in [5.74, 6) is 3.11. The largest absolute Gasteiger partial charge is 0.370 e. The van der Waals surface area contributed by atoms with E-state index in [9.17, 15) is 0 Å². The Balaban J connectivity index is 0.00000162. The van der Waals surface area contributed by atoms with E-state index in [4.69, 9.17) is 5.73 Å². The summed E-state index contributed by atoms with van der Waals surface area (Å²) in [5, 5.41) is 0. The number of hydrogen-bond donors (Lipinski definition) is 1. The van der Waals surface area contributed by atoms with E-state index in [0.29, 0.717) is 0 Å². The van der Waals surface area contributed by atoms with Crippen LogP contribution in [0, 0.1) is 0 Å². The molecule has 1 heterocycles. The molecule has 1 aliphatic heterocycles. The summed E-state index contributed by atoms with van der Waals surface area (Å²) < 4.78 is 0. The Morgan fingerprint density at radius 3 is 2.61 bits per heavy atom. The Labute approximate surface area is 132 Å². The van der Waals surface area contributed by atoms with Crippen LogP contribution < -0.4 is 5.73 Å². The zero-order valence-corrected chi connectivity index (χ0v) is 14.3. The lowest BCUT2D eigenvalue weighted by molar-refractivity contribution is 0.285. The van der Waals surface area contributed by atoms with Crippen molar-refractivity contribution in [1.82, 2.24) is 9.80 Å². The predicted molar refractivity (Wildman–Crippen MR) is 91.1 cm³/mol. The van der Waals surface area contributed by atoms with Crippen LogP contribution in [0.15, 0.2) is 4.99 Å². The molecule has 1 saturated heterocycles. The molecule has 0 spiro atoms. The lowest BCUT2D eigenvalue weighted by atomic mass is 10.4. The maximum atomic E-state index is 6.02. The summed E-state index contributed by atoms with van der Waals surface area (Å²) in [7, 11) is 0. The Morgan fingerprint density at radius 1 is 1.39 bits per heavy atom. The molecule has 2 rings (SSSR count). The minimum Gasteiger partial charge on any atom is -0.370 e. The fourth-order valence-electron chi connectivity index (χ4n) is 2.22. The summed E-state index contributed by atoms with van der Waals surface area (Å²) in [6, 6.07) is 0.836. The predicted octanol–water partition coefficient (Wildman–Crippen LogP) is 1.45. The molecule has 0 bridgehead atoms. The maximum Gasteiger partial charge on any atom is 0.191 e. The van der Waals surface area contributed by atoms with Gasteiger partial charge in [-0.1, -0.05) is 6.92 Å². The zero-order valence-electron chi connectivity index (χ0n) is 11.2. The summed E-state index contributed by atoms with van der Waals surface area (Å²) >= 11 is 2.00. The van der Waals surface area contributed by atoms with Gasteiger partial charge in [0.05, 0.1) is 6.54 Å². The molecule has 6 heteroatoms. The summed E-state index contributed by atoms with van der Waals surface area (Å²) in [5.41, 5.74) is 6.02. The molecule has 1 saturated carbocycles. The number of rotatable bonds is 5. The van der Waals surface area contributed by atoms with Gasteiger partial charge in [-0.2, -0.15) is 11.8 Å². The molecule has 0 radical (unpaired) electrons. The third-order valence-electron chi connectivity index (χ3n) is 3.47. The van der Waals surface area contributed by atoms with Crippen molar-refractivity contribution in [2.24, 2.45) is 10.7 Å². The monoisotopic (exact) mass is 384 g/mol. The second kappa shape index (κ2) is 8.47. The number of thioether (sulfide) groups is 1. The Morgan fingerprint density at radius 2 is 2.06 bits per heavy atom. The van der Waals surface area contributed by atoms with Gasteiger partial charge >= 0.3 is 0 Å². The van der Waals surface area contributed by atoms with E-state index in [2.05, 4.69) is 21.7 Å². The van der Waals surface area contributed by atoms with Gasteiger partial charge in [-0.05, 0) is 19.4 Å². The topological polar surface area (TPSA) is 44.9 Å². The Bertz CT molecular complexity index is 265. The molecular formula is C12H25IN4S. The van der Waals surface area contributed by atoms with E-state index in [0.717, 1.165) is 44.7 Å². The van der Waals surface area contributed by atoms with E-state index in [1.165, 1.54) is 24.3 Å². The summed E-state index contributed by atoms with van der Waals surface area (Å²) in [6.45, 7) is 7.39. The van der Waals surface area contributed by atoms with Crippen LogP contribution in [-0.4, -0.2) is 66.0 Å². The van der Waals surface area contributed by atoms with E-state index < -0.39 is 0 Å². The molecule has 0 amide bonds. The number of likely N-dealkylation sites (N-methyl/N-ethyl adjacent to an activating group) is 1. The number of nitrogens with two attached hydrogens (primary N) is 1. The standard InChI is InChI=1S/C12H24N4S.HI/c1-2-15(11-3-4-11)6-5-14-12(13)16-7-9-17-10-8-16;/h11H,2-10H2,1H3,(H2,13,14);1H. The van der Waals surface area contributed by atoms with Gasteiger partial charge in [0.25, 0.3) is 0 Å². The highest BCUT2D eigenvalue weighted by atomic mass is 127. The van der Waals surface area contributed by atoms with E-state index in [-0.39, 0.29) is 24.0 Å². The van der Waals surface area contributed by atoms with Crippen molar-refractivity contribution >= 4 is 41.7 Å². The molecular weight excluding hydrogens is 359 g/mol. The molecule has 0 aromatic rings. The molecule has 18 heavy (non-hydrogen) atoms. The number of guanidine groups is 1. The van der Waals surface area contributed by atoms with E-state index in [1.54, 1.807) is 0 Å². The second-order valence-electron chi connectivity index (χ2n) is 4.70. The van der Waals surface area contributed by atoms with E-state index in [1.807, 2.05) is 11.8 Å². The lowest BCUT2D eigenvalue weighted by Crippen LogP contribution is -2.43. The normalized spacial score (nSPS) is 21.0. The van der Waals surface area contributed by atoms with Crippen molar-refractivity contribution in [3.8, 4) is 0 Å². The maximum absolute atomic E-state index is 6.02. The van der Waals surface area contributed by atoms with Gasteiger partial charge in [0, 0.05) is 37.2 Å². The van der Waals surface area contributed by atoms with Gasteiger partial charge < -0.3 is 10.6 Å². The minimum absolute atomic E-state index is 0. The highest BCUT2D eigenvalue weighted by molar-refractivity contribution is 14.0. The first-order valence-corrected chi connectivity index (χ1v) is 7.83. The van der Waals surface area contributed by atoms with Crippen molar-refractivity contribution in [2.45, 2.75) is 25.8 Å². The first kappa shape index (κ1) is 16.4. The first-order chi connectivity index (χ1) is 8.31. The van der Waals surface area contributed by atoms with Crippen molar-refractivity contribution in [2.75, 3.05) is 44.2 Å². The van der Waals surface area contributed by atoms with Crippen LogP contribution in [0.5, 0.6) is 0 Å². The Hall–Kier alpha value is 0.310. The van der Waals surface area contributed by atoms with Crippen LogP contribution in [0.25, 0.3) is 0 Å². The number of hydrogen-bond acceptors (Lipinski definition) is 3. The van der Waals surface area contributed by atoms with Crippen molar-refractivity contribution < 1.29 is 0 Å². The molecule has 2 fully saturated rings. The molecule has 106 valence electrons. The molecule has 0 atom stereocenters. The summed E-state index contributed by atoms with van der Waals surface area (Å²) in [4.78, 5) is 9.24. The fraction of sp³-hybridized carbons (Fsp3) is 0.917. The number of nitrogens with zero attached hydrogens (tertiary/aromatic N) is 3. The molecule has 2 aliphatic rings. The molecule has 0 aromatic carbocycles. The van der Waals surface area contributed by atoms with Gasteiger partial charge in [0.1, 0.15) is 0 Å². The van der Waals surface area contributed by atoms with Crippen LogP contribution in [0.2, 0.25) is 0 Å². The lowest BCUT2D eigenvalue weighted by Gasteiger charge is -2.27. The average molecular weight is 384 g/mol. The number of halogens is 1. The quantitative estimate of drug-likeness (QED) is 0.443. The van der Waals surface area contributed by atoms with Crippen LogP contribution in [0.3, 0.4) is 0 Å². The third-order valence-corrected chi connectivity index (χ3v) is 4.41. The minimum atomic E-state index is 0. The van der Waals surface area contributed by atoms with Crippen molar-refractivity contribution in [1.29, 1.82) is 0 Å².